The van der Waals surface area contributed by atoms with E-state index in [9.17, 15) is 4.79 Å². The molecule has 0 fully saturated rings. The highest BCUT2D eigenvalue weighted by Gasteiger charge is 2.16. The molecule has 0 aliphatic heterocycles. The van der Waals surface area contributed by atoms with Crippen LogP contribution in [0.3, 0.4) is 0 Å². The summed E-state index contributed by atoms with van der Waals surface area (Å²) in [5.74, 6) is -0.160. The normalized spacial score (nSPS) is 17.2. The van der Waals surface area contributed by atoms with Crippen LogP contribution in [-0.4, -0.2) is 12.6 Å². The lowest BCUT2D eigenvalue weighted by atomic mass is 9.93. The highest BCUT2D eigenvalue weighted by molar-refractivity contribution is 5.93. The largest absolute Gasteiger partial charge is 0.462 e. The zero-order chi connectivity index (χ0) is 11.1. The monoisotopic (exact) mass is 208 g/mol. The zero-order valence-corrected chi connectivity index (χ0v) is 9.71. The van der Waals surface area contributed by atoms with Gasteiger partial charge in [-0.1, -0.05) is 19.1 Å². The Morgan fingerprint density at radius 3 is 2.80 bits per heavy atom. The molecule has 2 nitrogen and oxygen atoms in total. The summed E-state index contributed by atoms with van der Waals surface area (Å²) >= 11 is 0. The molecule has 1 rings (SSSR count). The van der Waals surface area contributed by atoms with Gasteiger partial charge in [0.15, 0.2) is 0 Å². The van der Waals surface area contributed by atoms with Crippen molar-refractivity contribution >= 4 is 5.97 Å². The van der Waals surface area contributed by atoms with Crippen molar-refractivity contribution in [2.75, 3.05) is 6.61 Å². The van der Waals surface area contributed by atoms with Crippen LogP contribution >= 0.6 is 0 Å². The maximum atomic E-state index is 11.7. The second-order valence-electron chi connectivity index (χ2n) is 3.72. The average molecular weight is 208 g/mol. The molecule has 0 spiro atoms. The summed E-state index contributed by atoms with van der Waals surface area (Å²) in [6, 6.07) is 0. The van der Waals surface area contributed by atoms with Crippen LogP contribution in [0.1, 0.15) is 46.0 Å². The molecule has 0 aromatic rings. The Balaban J connectivity index is 2.77. The molecule has 0 saturated heterocycles. The maximum absolute atomic E-state index is 11.7. The van der Waals surface area contributed by atoms with E-state index < -0.39 is 0 Å². The fraction of sp³-hybridized carbons (Fsp3) is 0.615. The van der Waals surface area contributed by atoms with Gasteiger partial charge >= 0.3 is 5.97 Å². The number of hydrogen-bond donors (Lipinski definition) is 0. The van der Waals surface area contributed by atoms with Crippen LogP contribution in [0.15, 0.2) is 23.3 Å². The van der Waals surface area contributed by atoms with Gasteiger partial charge in [-0.3, -0.25) is 0 Å². The van der Waals surface area contributed by atoms with Gasteiger partial charge < -0.3 is 4.74 Å². The fourth-order valence-corrected chi connectivity index (χ4v) is 1.84. The maximum Gasteiger partial charge on any atom is 0.338 e. The van der Waals surface area contributed by atoms with E-state index in [2.05, 4.69) is 6.08 Å². The molecule has 1 aliphatic carbocycles. The minimum Gasteiger partial charge on any atom is -0.462 e. The molecule has 0 radical (unpaired) electrons. The van der Waals surface area contributed by atoms with E-state index in [1.54, 1.807) is 0 Å². The van der Waals surface area contributed by atoms with Crippen LogP contribution in [0.2, 0.25) is 0 Å². The standard InChI is InChI=1S/C13H20O2/c1-3-8-12(13(14)15-4-2)11-9-6-5-7-10-11/h8-9H,3-7,10H2,1-2H3. The van der Waals surface area contributed by atoms with Crippen molar-refractivity contribution in [2.24, 2.45) is 0 Å². The molecular formula is C13H20O2. The second kappa shape index (κ2) is 6.44. The SMILES string of the molecule is CCC=C(C(=O)OCC)C1=CCCCC1. The van der Waals surface area contributed by atoms with E-state index in [-0.39, 0.29) is 5.97 Å². The van der Waals surface area contributed by atoms with Gasteiger partial charge in [0.2, 0.25) is 0 Å². The molecule has 0 saturated carbocycles. The Morgan fingerprint density at radius 1 is 1.47 bits per heavy atom. The van der Waals surface area contributed by atoms with Crippen molar-refractivity contribution in [1.82, 2.24) is 0 Å². The highest BCUT2D eigenvalue weighted by Crippen LogP contribution is 2.25. The van der Waals surface area contributed by atoms with Gasteiger partial charge in [-0.25, -0.2) is 4.79 Å². The van der Waals surface area contributed by atoms with Crippen LogP contribution in [0, 0.1) is 0 Å². The predicted octanol–water partition coefficient (Wildman–Crippen LogP) is 3.39. The molecule has 0 atom stereocenters. The van der Waals surface area contributed by atoms with Crippen LogP contribution in [-0.2, 0) is 9.53 Å². The van der Waals surface area contributed by atoms with E-state index in [0.717, 1.165) is 24.8 Å². The lowest BCUT2D eigenvalue weighted by Gasteiger charge is -2.15. The lowest BCUT2D eigenvalue weighted by Crippen LogP contribution is -2.11. The quantitative estimate of drug-likeness (QED) is 0.523. The Hall–Kier alpha value is -1.05. The van der Waals surface area contributed by atoms with Gasteiger partial charge in [0.25, 0.3) is 0 Å². The molecule has 84 valence electrons. The molecule has 0 amide bonds. The summed E-state index contributed by atoms with van der Waals surface area (Å²) in [7, 11) is 0. The van der Waals surface area contributed by atoms with Crippen molar-refractivity contribution in [3.63, 3.8) is 0 Å². The number of hydrogen-bond acceptors (Lipinski definition) is 2. The smallest absolute Gasteiger partial charge is 0.338 e. The summed E-state index contributed by atoms with van der Waals surface area (Å²) in [6.45, 7) is 4.34. The number of rotatable bonds is 4. The van der Waals surface area contributed by atoms with Crippen molar-refractivity contribution in [3.05, 3.63) is 23.3 Å². The third kappa shape index (κ3) is 3.54. The molecule has 15 heavy (non-hydrogen) atoms. The molecule has 0 aromatic carbocycles. The average Bonchev–Trinajstić information content (AvgIpc) is 2.27. The Kier molecular flexibility index (Phi) is 5.16. The van der Waals surface area contributed by atoms with Crippen molar-refractivity contribution in [1.29, 1.82) is 0 Å². The number of esters is 1. The van der Waals surface area contributed by atoms with E-state index >= 15 is 0 Å². The molecule has 0 N–H and O–H groups in total. The number of carbonyl (C=O) groups excluding carboxylic acids is 1. The molecule has 1 aliphatic rings. The summed E-state index contributed by atoms with van der Waals surface area (Å²) in [5, 5.41) is 0. The number of ether oxygens (including phenoxy) is 1. The topological polar surface area (TPSA) is 26.3 Å². The molecule has 0 bridgehead atoms. The van der Waals surface area contributed by atoms with Gasteiger partial charge in [0, 0.05) is 0 Å². The number of allylic oxidation sites excluding steroid dienone is 2. The fourth-order valence-electron chi connectivity index (χ4n) is 1.84. The van der Waals surface area contributed by atoms with E-state index in [1.165, 1.54) is 18.4 Å². The minimum absolute atomic E-state index is 0.160. The van der Waals surface area contributed by atoms with Gasteiger partial charge in [-0.2, -0.15) is 0 Å². The molecule has 2 heteroatoms. The first-order valence-corrected chi connectivity index (χ1v) is 5.86. The minimum atomic E-state index is -0.160. The molecular weight excluding hydrogens is 188 g/mol. The molecule has 0 aromatic heterocycles. The molecule has 0 unspecified atom stereocenters. The van der Waals surface area contributed by atoms with E-state index in [0.29, 0.717) is 6.61 Å². The Morgan fingerprint density at radius 2 is 2.27 bits per heavy atom. The highest BCUT2D eigenvalue weighted by atomic mass is 16.5. The summed E-state index contributed by atoms with van der Waals surface area (Å²) in [6.07, 6.45) is 9.58. The van der Waals surface area contributed by atoms with Gasteiger partial charge in [-0.15, -0.1) is 0 Å². The van der Waals surface area contributed by atoms with Crippen molar-refractivity contribution < 1.29 is 9.53 Å². The molecule has 0 heterocycles. The Labute approximate surface area is 92.0 Å². The van der Waals surface area contributed by atoms with Gasteiger partial charge in [0.1, 0.15) is 0 Å². The van der Waals surface area contributed by atoms with Crippen LogP contribution in [0.25, 0.3) is 0 Å². The van der Waals surface area contributed by atoms with E-state index in [1.807, 2.05) is 19.9 Å². The summed E-state index contributed by atoms with van der Waals surface area (Å²) < 4.78 is 5.06. The predicted molar refractivity (Wildman–Crippen MR) is 61.6 cm³/mol. The second-order valence-corrected chi connectivity index (χ2v) is 3.72. The number of carbonyl (C=O) groups is 1. The zero-order valence-electron chi connectivity index (χ0n) is 9.71. The van der Waals surface area contributed by atoms with Crippen molar-refractivity contribution in [2.45, 2.75) is 46.0 Å². The van der Waals surface area contributed by atoms with Gasteiger partial charge in [-0.05, 0) is 44.6 Å². The summed E-state index contributed by atoms with van der Waals surface area (Å²) in [4.78, 5) is 11.7. The first-order valence-electron chi connectivity index (χ1n) is 5.86. The third-order valence-electron chi connectivity index (χ3n) is 2.54. The van der Waals surface area contributed by atoms with E-state index in [4.69, 9.17) is 4.74 Å². The lowest BCUT2D eigenvalue weighted by molar-refractivity contribution is -0.138. The van der Waals surface area contributed by atoms with Crippen molar-refractivity contribution in [3.8, 4) is 0 Å². The van der Waals surface area contributed by atoms with Crippen LogP contribution < -0.4 is 0 Å². The van der Waals surface area contributed by atoms with Crippen LogP contribution in [0.5, 0.6) is 0 Å². The third-order valence-corrected chi connectivity index (χ3v) is 2.54. The van der Waals surface area contributed by atoms with Crippen LogP contribution in [0.4, 0.5) is 0 Å². The van der Waals surface area contributed by atoms with Gasteiger partial charge in [0.05, 0.1) is 12.2 Å². The Bertz CT molecular complexity index is 274. The summed E-state index contributed by atoms with van der Waals surface area (Å²) in [5.41, 5.74) is 1.97. The first kappa shape index (κ1) is 12.0. The first-order chi connectivity index (χ1) is 7.29.